The van der Waals surface area contributed by atoms with E-state index in [1.165, 1.54) is 4.90 Å². The summed E-state index contributed by atoms with van der Waals surface area (Å²) in [7, 11) is 0. The van der Waals surface area contributed by atoms with Crippen molar-refractivity contribution in [1.82, 2.24) is 10.2 Å². The lowest BCUT2D eigenvalue weighted by Crippen LogP contribution is -2.65. The molecule has 3 heterocycles. The lowest BCUT2D eigenvalue weighted by Gasteiger charge is -2.37. The van der Waals surface area contributed by atoms with Gasteiger partial charge < -0.3 is 25.7 Å². The number of para-hydroxylation sites is 1. The van der Waals surface area contributed by atoms with E-state index >= 15 is 0 Å². The van der Waals surface area contributed by atoms with Gasteiger partial charge in [0.2, 0.25) is 11.8 Å². The van der Waals surface area contributed by atoms with E-state index in [9.17, 15) is 19.8 Å². The van der Waals surface area contributed by atoms with Crippen LogP contribution in [0.2, 0.25) is 0 Å². The largest absolute Gasteiger partial charge is 0.394 e. The van der Waals surface area contributed by atoms with Crippen LogP contribution in [0.3, 0.4) is 0 Å². The molecule has 7 nitrogen and oxygen atoms in total. The zero-order chi connectivity index (χ0) is 14.8. The van der Waals surface area contributed by atoms with Crippen LogP contribution in [-0.2, 0) is 15.2 Å². The number of piperazine rings is 1. The van der Waals surface area contributed by atoms with E-state index in [1.54, 1.807) is 6.07 Å². The molecule has 4 atom stereocenters. The molecule has 0 aromatic heterocycles. The van der Waals surface area contributed by atoms with E-state index < -0.39 is 30.5 Å². The summed E-state index contributed by atoms with van der Waals surface area (Å²) in [5.41, 5.74) is 0.187. The van der Waals surface area contributed by atoms with Crippen molar-refractivity contribution in [1.29, 1.82) is 0 Å². The molecule has 1 aromatic carbocycles. The number of fused-ring (bicyclic) bond motifs is 5. The maximum atomic E-state index is 12.4. The number of nitrogens with zero attached hydrogens (tertiary/aromatic N) is 1. The molecule has 2 saturated heterocycles. The van der Waals surface area contributed by atoms with Gasteiger partial charge in [0.15, 0.2) is 0 Å². The maximum absolute atomic E-state index is 12.4. The van der Waals surface area contributed by atoms with E-state index in [4.69, 9.17) is 0 Å². The van der Waals surface area contributed by atoms with Crippen LogP contribution >= 0.6 is 0 Å². The van der Waals surface area contributed by atoms with E-state index in [1.807, 2.05) is 18.2 Å². The molecule has 21 heavy (non-hydrogen) atoms. The first-order chi connectivity index (χ1) is 10.1. The molecular formula is C14H15N3O4. The van der Waals surface area contributed by atoms with Crippen molar-refractivity contribution in [3.63, 3.8) is 0 Å². The number of hydrogen-bond acceptors (Lipinski definition) is 5. The number of hydrogen-bond donors (Lipinski definition) is 4. The minimum Gasteiger partial charge on any atom is -0.394 e. The number of carbonyl (C=O) groups excluding carboxylic acids is 2. The average Bonchev–Trinajstić information content (AvgIpc) is 2.92. The predicted octanol–water partition coefficient (Wildman–Crippen LogP) is -1.28. The Morgan fingerprint density at radius 1 is 1.29 bits per heavy atom. The zero-order valence-electron chi connectivity index (χ0n) is 11.1. The Kier molecular flexibility index (Phi) is 2.38. The van der Waals surface area contributed by atoms with E-state index in [0.29, 0.717) is 5.56 Å². The van der Waals surface area contributed by atoms with Crippen molar-refractivity contribution >= 4 is 17.5 Å². The molecule has 2 fully saturated rings. The molecule has 0 unspecified atom stereocenters. The van der Waals surface area contributed by atoms with Gasteiger partial charge in [0, 0.05) is 17.7 Å². The lowest BCUT2D eigenvalue weighted by molar-refractivity contribution is -0.150. The van der Waals surface area contributed by atoms with E-state index in [2.05, 4.69) is 10.6 Å². The Morgan fingerprint density at radius 2 is 2.05 bits per heavy atom. The summed E-state index contributed by atoms with van der Waals surface area (Å²) in [6.45, 7) is -0.452. The second-order valence-corrected chi connectivity index (χ2v) is 5.73. The third-order valence-corrected chi connectivity index (χ3v) is 4.61. The highest BCUT2D eigenvalue weighted by Gasteiger charge is 2.62. The van der Waals surface area contributed by atoms with Crippen molar-refractivity contribution in [2.75, 3.05) is 11.9 Å². The summed E-state index contributed by atoms with van der Waals surface area (Å²) < 4.78 is 0. The van der Waals surface area contributed by atoms with Gasteiger partial charge in [0.1, 0.15) is 23.9 Å². The lowest BCUT2D eigenvalue weighted by atomic mass is 9.91. The first kappa shape index (κ1) is 12.6. The Balaban J connectivity index is 1.79. The van der Waals surface area contributed by atoms with Crippen LogP contribution in [0.5, 0.6) is 0 Å². The van der Waals surface area contributed by atoms with Crippen LogP contribution in [0.15, 0.2) is 24.3 Å². The van der Waals surface area contributed by atoms with Crippen LogP contribution in [-0.4, -0.2) is 51.8 Å². The molecule has 4 N–H and O–H groups in total. The quantitative estimate of drug-likeness (QED) is 0.516. The van der Waals surface area contributed by atoms with Crippen LogP contribution in [0.25, 0.3) is 0 Å². The highest BCUT2D eigenvalue weighted by Crippen LogP contribution is 2.49. The molecule has 0 radical (unpaired) electrons. The minimum atomic E-state index is -1.28. The molecule has 7 heteroatoms. The fourth-order valence-corrected chi connectivity index (χ4v) is 3.63. The van der Waals surface area contributed by atoms with E-state index in [-0.39, 0.29) is 18.2 Å². The van der Waals surface area contributed by atoms with Crippen LogP contribution in [0.4, 0.5) is 5.69 Å². The van der Waals surface area contributed by atoms with Gasteiger partial charge in [-0.15, -0.1) is 0 Å². The Morgan fingerprint density at radius 3 is 2.81 bits per heavy atom. The standard InChI is InChI=1S/C14H15N3O4/c18-6-9-12(20)17-10(11(19)15-9)5-14(21)7-3-1-2-4-8(7)16-13(14)17/h1-4,9-10,13,16,18,21H,5-6H2,(H,15,19)/t9-,10-,13-,14+/m0/s1. The average molecular weight is 289 g/mol. The highest BCUT2D eigenvalue weighted by molar-refractivity contribution is 5.98. The molecule has 0 spiro atoms. The van der Waals surface area contributed by atoms with Gasteiger partial charge in [-0.05, 0) is 6.07 Å². The summed E-state index contributed by atoms with van der Waals surface area (Å²) in [4.78, 5) is 25.9. The van der Waals surface area contributed by atoms with Crippen LogP contribution in [0.1, 0.15) is 12.0 Å². The Labute approximate surface area is 120 Å². The fraction of sp³-hybridized carbons (Fsp3) is 0.429. The molecule has 3 aliphatic heterocycles. The number of amides is 2. The minimum absolute atomic E-state index is 0.150. The summed E-state index contributed by atoms with van der Waals surface area (Å²) in [6.07, 6.45) is -0.523. The fourth-order valence-electron chi connectivity index (χ4n) is 3.63. The molecule has 1 aromatic rings. The monoisotopic (exact) mass is 289 g/mol. The summed E-state index contributed by atoms with van der Waals surface area (Å²) in [5, 5.41) is 25.9. The Hall–Kier alpha value is -2.12. The second-order valence-electron chi connectivity index (χ2n) is 5.73. The SMILES string of the molecule is O=C1N[C@@H](CO)C(=O)N2[C@H]1C[C@@]1(O)c3ccccc3N[C@@H]21. The van der Waals surface area contributed by atoms with Gasteiger partial charge in [0.25, 0.3) is 0 Å². The molecule has 3 aliphatic rings. The van der Waals surface area contributed by atoms with Crippen molar-refractivity contribution in [3.05, 3.63) is 29.8 Å². The van der Waals surface area contributed by atoms with Gasteiger partial charge in [-0.1, -0.05) is 18.2 Å². The summed E-state index contributed by atoms with van der Waals surface area (Å²) >= 11 is 0. The molecule has 110 valence electrons. The highest BCUT2D eigenvalue weighted by atomic mass is 16.3. The predicted molar refractivity (Wildman–Crippen MR) is 72.0 cm³/mol. The molecule has 4 rings (SSSR count). The molecule has 2 amide bonds. The molecule has 0 saturated carbocycles. The van der Waals surface area contributed by atoms with Crippen molar-refractivity contribution in [2.24, 2.45) is 0 Å². The van der Waals surface area contributed by atoms with Gasteiger partial charge in [-0.2, -0.15) is 0 Å². The first-order valence-electron chi connectivity index (χ1n) is 6.88. The van der Waals surface area contributed by atoms with E-state index in [0.717, 1.165) is 5.69 Å². The number of nitrogens with one attached hydrogen (secondary N) is 2. The normalized spacial score (nSPS) is 36.7. The number of aliphatic hydroxyl groups is 2. The topological polar surface area (TPSA) is 102 Å². The molecule has 0 aliphatic carbocycles. The number of anilines is 1. The molecular weight excluding hydrogens is 274 g/mol. The van der Waals surface area contributed by atoms with Gasteiger partial charge in [-0.3, -0.25) is 9.59 Å². The number of aliphatic hydroxyl groups excluding tert-OH is 1. The Bertz CT molecular complexity index is 649. The smallest absolute Gasteiger partial charge is 0.249 e. The van der Waals surface area contributed by atoms with Crippen molar-refractivity contribution in [3.8, 4) is 0 Å². The number of carbonyl (C=O) groups is 2. The zero-order valence-corrected chi connectivity index (χ0v) is 11.1. The summed E-state index contributed by atoms with van der Waals surface area (Å²) in [5.74, 6) is -0.709. The second kappa shape index (κ2) is 3.96. The van der Waals surface area contributed by atoms with Crippen LogP contribution < -0.4 is 10.6 Å². The van der Waals surface area contributed by atoms with Crippen molar-refractivity contribution in [2.45, 2.75) is 30.3 Å². The number of rotatable bonds is 1. The van der Waals surface area contributed by atoms with Gasteiger partial charge in [-0.25, -0.2) is 0 Å². The number of benzene rings is 1. The van der Waals surface area contributed by atoms with Crippen LogP contribution in [0, 0.1) is 0 Å². The van der Waals surface area contributed by atoms with Gasteiger partial charge in [0.05, 0.1) is 6.61 Å². The van der Waals surface area contributed by atoms with Crippen molar-refractivity contribution < 1.29 is 19.8 Å². The third kappa shape index (κ3) is 1.44. The molecule has 0 bridgehead atoms. The van der Waals surface area contributed by atoms with Gasteiger partial charge >= 0.3 is 0 Å². The third-order valence-electron chi connectivity index (χ3n) is 4.61. The first-order valence-corrected chi connectivity index (χ1v) is 6.88. The maximum Gasteiger partial charge on any atom is 0.249 e. The summed E-state index contributed by atoms with van der Waals surface area (Å²) in [6, 6.07) is 5.63.